The molecule has 0 saturated heterocycles. The van der Waals surface area contributed by atoms with Gasteiger partial charge in [0.2, 0.25) is 5.91 Å². The molecule has 0 unspecified atom stereocenters. The molecule has 0 fully saturated rings. The summed E-state index contributed by atoms with van der Waals surface area (Å²) in [6, 6.07) is 13.5. The first-order valence-electron chi connectivity index (χ1n) is 9.73. The minimum absolute atomic E-state index is 0.0170. The molecule has 3 aromatic rings. The molecule has 1 aliphatic rings. The Labute approximate surface area is 184 Å². The number of amides is 2. The highest BCUT2D eigenvalue weighted by atomic mass is 32.1. The first-order chi connectivity index (χ1) is 15.0. The van der Waals surface area contributed by atoms with E-state index in [1.807, 2.05) is 54.8 Å². The molecule has 4 rings (SSSR count). The van der Waals surface area contributed by atoms with Gasteiger partial charge in [0.15, 0.2) is 11.7 Å². The highest BCUT2D eigenvalue weighted by Gasteiger charge is 2.25. The van der Waals surface area contributed by atoms with Crippen molar-refractivity contribution in [3.8, 4) is 17.0 Å². The number of anilines is 2. The van der Waals surface area contributed by atoms with Crippen LogP contribution in [0.3, 0.4) is 0 Å². The molecule has 7 heteroatoms. The van der Waals surface area contributed by atoms with Crippen LogP contribution in [0.4, 0.5) is 10.8 Å². The second-order valence-electron chi connectivity index (χ2n) is 7.04. The van der Waals surface area contributed by atoms with Crippen LogP contribution in [0.15, 0.2) is 66.6 Å². The van der Waals surface area contributed by atoms with Gasteiger partial charge < -0.3 is 9.64 Å². The van der Waals surface area contributed by atoms with Gasteiger partial charge in [-0.1, -0.05) is 35.9 Å². The van der Waals surface area contributed by atoms with Crippen molar-refractivity contribution in [2.45, 2.75) is 6.92 Å². The van der Waals surface area contributed by atoms with Crippen LogP contribution in [-0.4, -0.2) is 29.9 Å². The molecule has 31 heavy (non-hydrogen) atoms. The molecule has 1 aliphatic heterocycles. The number of fused-ring (bicyclic) bond motifs is 1. The van der Waals surface area contributed by atoms with Crippen molar-refractivity contribution in [3.05, 3.63) is 77.7 Å². The number of rotatable bonds is 6. The Hall–Kier alpha value is -3.71. The lowest BCUT2D eigenvalue weighted by atomic mass is 10.1. The van der Waals surface area contributed by atoms with Crippen molar-refractivity contribution >= 4 is 40.0 Å². The highest BCUT2D eigenvalue weighted by Crippen LogP contribution is 2.36. The lowest BCUT2D eigenvalue weighted by molar-refractivity contribution is -0.121. The largest absolute Gasteiger partial charge is 0.482 e. The quantitative estimate of drug-likeness (QED) is 0.454. The maximum absolute atomic E-state index is 12.2. The Morgan fingerprint density at radius 1 is 1.29 bits per heavy atom. The molecular weight excluding hydrogens is 410 g/mol. The van der Waals surface area contributed by atoms with Crippen LogP contribution in [-0.2, 0) is 9.59 Å². The summed E-state index contributed by atoms with van der Waals surface area (Å²) in [7, 11) is 0. The second-order valence-corrected chi connectivity index (χ2v) is 7.89. The van der Waals surface area contributed by atoms with E-state index in [1.165, 1.54) is 23.0 Å². The number of ether oxygens (including phenoxy) is 1. The van der Waals surface area contributed by atoms with E-state index < -0.39 is 0 Å². The molecule has 1 aromatic heterocycles. The number of thiazole rings is 1. The third-order valence-corrected chi connectivity index (χ3v) is 5.51. The molecule has 0 atom stereocenters. The van der Waals surface area contributed by atoms with Crippen LogP contribution < -0.4 is 15.0 Å². The van der Waals surface area contributed by atoms with Crippen molar-refractivity contribution in [1.29, 1.82) is 0 Å². The topological polar surface area (TPSA) is 71.5 Å². The summed E-state index contributed by atoms with van der Waals surface area (Å²) < 4.78 is 5.52. The predicted molar refractivity (Wildman–Crippen MR) is 124 cm³/mol. The molecule has 2 aromatic carbocycles. The van der Waals surface area contributed by atoms with Gasteiger partial charge in [0.05, 0.1) is 11.4 Å². The summed E-state index contributed by atoms with van der Waals surface area (Å²) in [6.07, 6.45) is 4.93. The Morgan fingerprint density at radius 2 is 2.10 bits per heavy atom. The summed E-state index contributed by atoms with van der Waals surface area (Å²) >= 11 is 1.34. The van der Waals surface area contributed by atoms with Crippen LogP contribution in [0, 0.1) is 6.92 Å². The van der Waals surface area contributed by atoms with Crippen LogP contribution >= 0.6 is 11.3 Å². The molecule has 0 bridgehead atoms. The molecule has 0 radical (unpaired) electrons. The molecule has 1 N–H and O–H groups in total. The summed E-state index contributed by atoms with van der Waals surface area (Å²) in [5.74, 6) is 0.286. The van der Waals surface area contributed by atoms with Gasteiger partial charge in [0.1, 0.15) is 5.75 Å². The van der Waals surface area contributed by atoms with Gasteiger partial charge >= 0.3 is 0 Å². The van der Waals surface area contributed by atoms with Crippen molar-refractivity contribution < 1.29 is 14.3 Å². The number of aryl methyl sites for hydroxylation is 1. The zero-order chi connectivity index (χ0) is 21.8. The van der Waals surface area contributed by atoms with E-state index in [0.29, 0.717) is 28.8 Å². The molecule has 0 saturated carbocycles. The SMILES string of the molecule is C=CCN1C(=O)COc2ccc(-c3csc(NC(=O)/C=C/c4ccc(C)cc4)n3)cc21. The van der Waals surface area contributed by atoms with Crippen molar-refractivity contribution in [3.63, 3.8) is 0 Å². The average molecular weight is 432 g/mol. The lowest BCUT2D eigenvalue weighted by Crippen LogP contribution is -2.38. The number of benzene rings is 2. The van der Waals surface area contributed by atoms with Crippen molar-refractivity contribution in [1.82, 2.24) is 4.98 Å². The zero-order valence-electron chi connectivity index (χ0n) is 17.0. The molecule has 0 spiro atoms. The second kappa shape index (κ2) is 8.97. The number of aromatic nitrogens is 1. The molecule has 156 valence electrons. The van der Waals surface area contributed by atoms with E-state index in [0.717, 1.165) is 11.1 Å². The minimum Gasteiger partial charge on any atom is -0.482 e. The van der Waals surface area contributed by atoms with Gasteiger partial charge in [0.25, 0.3) is 5.91 Å². The fourth-order valence-electron chi connectivity index (χ4n) is 3.15. The number of carbonyl (C=O) groups is 2. The van der Waals surface area contributed by atoms with Gasteiger partial charge in [-0.15, -0.1) is 17.9 Å². The lowest BCUT2D eigenvalue weighted by Gasteiger charge is -2.28. The van der Waals surface area contributed by atoms with Crippen LogP contribution in [0.25, 0.3) is 17.3 Å². The summed E-state index contributed by atoms with van der Waals surface area (Å²) in [6.45, 7) is 6.16. The third kappa shape index (κ3) is 4.73. The monoisotopic (exact) mass is 431 g/mol. The van der Waals surface area contributed by atoms with E-state index >= 15 is 0 Å². The van der Waals surface area contributed by atoms with Crippen molar-refractivity contribution in [2.75, 3.05) is 23.4 Å². The fourth-order valence-corrected chi connectivity index (χ4v) is 3.87. The Bertz CT molecular complexity index is 1170. The highest BCUT2D eigenvalue weighted by molar-refractivity contribution is 7.14. The van der Waals surface area contributed by atoms with E-state index in [-0.39, 0.29) is 18.4 Å². The van der Waals surface area contributed by atoms with Gasteiger partial charge in [0, 0.05) is 23.6 Å². The summed E-state index contributed by atoms with van der Waals surface area (Å²) in [5, 5.41) is 5.16. The average Bonchev–Trinajstić information content (AvgIpc) is 3.23. The summed E-state index contributed by atoms with van der Waals surface area (Å²) in [4.78, 5) is 30.6. The molecule has 2 heterocycles. The van der Waals surface area contributed by atoms with E-state index in [2.05, 4.69) is 16.9 Å². The normalized spacial score (nSPS) is 13.1. The number of hydrogen-bond acceptors (Lipinski definition) is 5. The predicted octanol–water partition coefficient (Wildman–Crippen LogP) is 4.68. The van der Waals surface area contributed by atoms with Gasteiger partial charge in [-0.2, -0.15) is 0 Å². The first kappa shape index (κ1) is 20.6. The van der Waals surface area contributed by atoms with Gasteiger partial charge in [-0.25, -0.2) is 4.98 Å². The van der Waals surface area contributed by atoms with E-state index in [4.69, 9.17) is 4.74 Å². The van der Waals surface area contributed by atoms with Gasteiger partial charge in [-0.3, -0.25) is 14.9 Å². The number of nitrogens with zero attached hydrogens (tertiary/aromatic N) is 2. The Balaban J connectivity index is 1.48. The zero-order valence-corrected chi connectivity index (χ0v) is 17.8. The van der Waals surface area contributed by atoms with E-state index in [9.17, 15) is 9.59 Å². The van der Waals surface area contributed by atoms with E-state index in [1.54, 1.807) is 17.1 Å². The Morgan fingerprint density at radius 3 is 2.87 bits per heavy atom. The first-order valence-corrected chi connectivity index (χ1v) is 10.6. The maximum Gasteiger partial charge on any atom is 0.265 e. The van der Waals surface area contributed by atoms with Crippen LogP contribution in [0.5, 0.6) is 5.75 Å². The molecule has 6 nitrogen and oxygen atoms in total. The Kier molecular flexibility index (Phi) is 5.95. The number of hydrogen-bond donors (Lipinski definition) is 1. The standard InChI is InChI=1S/C24H21N3O3S/c1-3-12-27-20-13-18(9-10-21(20)30-14-23(27)29)19-15-31-24(25-19)26-22(28)11-8-17-6-4-16(2)5-7-17/h3-11,13,15H,1,12,14H2,2H3,(H,25,26,28)/b11-8+. The summed E-state index contributed by atoms with van der Waals surface area (Å²) in [5.41, 5.74) is 4.35. The van der Waals surface area contributed by atoms with Crippen LogP contribution in [0.1, 0.15) is 11.1 Å². The van der Waals surface area contributed by atoms with Gasteiger partial charge in [-0.05, 0) is 36.8 Å². The fraction of sp³-hybridized carbons (Fsp3) is 0.125. The third-order valence-electron chi connectivity index (χ3n) is 4.75. The van der Waals surface area contributed by atoms with Crippen LogP contribution in [0.2, 0.25) is 0 Å². The molecule has 2 amide bonds. The molecule has 0 aliphatic carbocycles. The maximum atomic E-state index is 12.2. The minimum atomic E-state index is -0.247. The molecular formula is C24H21N3O3S. The van der Waals surface area contributed by atoms with Crippen molar-refractivity contribution in [2.24, 2.45) is 0 Å². The number of carbonyl (C=O) groups excluding carboxylic acids is 2. The smallest absolute Gasteiger partial charge is 0.265 e. The number of nitrogens with one attached hydrogen (secondary N) is 1.